The molecule has 0 fully saturated rings. The molecule has 0 saturated heterocycles. The highest BCUT2D eigenvalue weighted by molar-refractivity contribution is 6.36. The average Bonchev–Trinajstić information content (AvgIpc) is 2.50. The summed E-state index contributed by atoms with van der Waals surface area (Å²) in [6.07, 6.45) is 0.390. The maximum absolute atomic E-state index is 12.4. The average molecular weight is 351 g/mol. The summed E-state index contributed by atoms with van der Waals surface area (Å²) in [5.41, 5.74) is 2.85. The molecule has 0 aliphatic rings. The molecule has 2 rings (SSSR count). The fourth-order valence-electron chi connectivity index (χ4n) is 2.37. The van der Waals surface area contributed by atoms with Crippen molar-refractivity contribution in [1.82, 2.24) is 0 Å². The first-order valence-corrected chi connectivity index (χ1v) is 8.33. The number of anilines is 2. The summed E-state index contributed by atoms with van der Waals surface area (Å²) in [5, 5.41) is 4.32. The molecule has 0 bridgehead atoms. The van der Waals surface area contributed by atoms with Gasteiger partial charge in [0, 0.05) is 30.2 Å². The number of nitrogens with zero attached hydrogens (tertiary/aromatic N) is 1. The largest absolute Gasteiger partial charge is 0.383 e. The minimum atomic E-state index is 0.0793. The highest BCUT2D eigenvalue weighted by Gasteiger charge is 2.13. The summed E-state index contributed by atoms with van der Waals surface area (Å²) in [4.78, 5) is 14.2. The highest BCUT2D eigenvalue weighted by atomic mass is 35.5. The van der Waals surface area contributed by atoms with Crippen LogP contribution in [0, 0.1) is 6.92 Å². The van der Waals surface area contributed by atoms with Gasteiger partial charge in [-0.1, -0.05) is 35.3 Å². The van der Waals surface area contributed by atoms with Gasteiger partial charge in [-0.05, 0) is 49.7 Å². The number of carbonyl (C=O) groups excluding carboxylic acids is 1. The van der Waals surface area contributed by atoms with Gasteiger partial charge in [0.05, 0.1) is 10.7 Å². The Hall–Kier alpha value is -1.71. The fraction of sp³-hybridized carbons (Fsp3) is 0.278. The second-order valence-corrected chi connectivity index (χ2v) is 6.12. The first-order chi connectivity index (χ1) is 11.0. The van der Waals surface area contributed by atoms with E-state index in [-0.39, 0.29) is 5.91 Å². The molecular formula is C18H20Cl2N2O. The van der Waals surface area contributed by atoms with Crippen molar-refractivity contribution >= 4 is 40.5 Å². The van der Waals surface area contributed by atoms with Crippen molar-refractivity contribution in [3.63, 3.8) is 0 Å². The molecule has 0 radical (unpaired) electrons. The molecule has 0 unspecified atom stereocenters. The predicted molar refractivity (Wildman–Crippen MR) is 98.8 cm³/mol. The molecule has 1 amide bonds. The Kier molecular flexibility index (Phi) is 6.31. The normalized spacial score (nSPS) is 10.4. The highest BCUT2D eigenvalue weighted by Crippen LogP contribution is 2.25. The molecule has 0 heterocycles. The molecule has 122 valence electrons. The number of hydrogen-bond donors (Lipinski definition) is 1. The van der Waals surface area contributed by atoms with Gasteiger partial charge < -0.3 is 10.2 Å². The molecule has 3 nitrogen and oxygen atoms in total. The molecule has 0 aliphatic carbocycles. The van der Waals surface area contributed by atoms with E-state index in [1.807, 2.05) is 44.2 Å². The molecule has 2 aromatic rings. The number of benzene rings is 2. The fourth-order valence-corrected chi connectivity index (χ4v) is 2.85. The van der Waals surface area contributed by atoms with Gasteiger partial charge in [-0.15, -0.1) is 0 Å². The van der Waals surface area contributed by atoms with Crippen LogP contribution in [0.5, 0.6) is 0 Å². The zero-order valence-corrected chi connectivity index (χ0v) is 14.8. The van der Waals surface area contributed by atoms with Gasteiger partial charge in [0.15, 0.2) is 0 Å². The molecule has 0 atom stereocenters. The summed E-state index contributed by atoms with van der Waals surface area (Å²) >= 11 is 12.0. The Morgan fingerprint density at radius 2 is 1.96 bits per heavy atom. The van der Waals surface area contributed by atoms with E-state index in [0.717, 1.165) is 16.9 Å². The number of aryl methyl sites for hydroxylation is 1. The second kappa shape index (κ2) is 8.23. The number of hydrogen-bond acceptors (Lipinski definition) is 2. The van der Waals surface area contributed by atoms with Gasteiger partial charge in [-0.25, -0.2) is 0 Å². The molecule has 0 aliphatic heterocycles. The van der Waals surface area contributed by atoms with Crippen molar-refractivity contribution < 1.29 is 4.79 Å². The summed E-state index contributed by atoms with van der Waals surface area (Å²) in [6, 6.07) is 13.2. The molecule has 0 spiro atoms. The van der Waals surface area contributed by atoms with Crippen LogP contribution in [0.3, 0.4) is 0 Å². The van der Waals surface area contributed by atoms with Crippen LogP contribution in [0.1, 0.15) is 18.9 Å². The number of amides is 1. The SMILES string of the molecule is CCN(C(=O)CCNc1ccc(Cl)cc1Cl)c1cccc(C)c1. The van der Waals surface area contributed by atoms with Crippen molar-refractivity contribution in [2.45, 2.75) is 20.3 Å². The van der Waals surface area contributed by atoms with Crippen molar-refractivity contribution in [1.29, 1.82) is 0 Å². The lowest BCUT2D eigenvalue weighted by molar-refractivity contribution is -0.118. The van der Waals surface area contributed by atoms with Crippen LogP contribution >= 0.6 is 23.2 Å². The van der Waals surface area contributed by atoms with E-state index in [4.69, 9.17) is 23.2 Å². The van der Waals surface area contributed by atoms with Gasteiger partial charge in [0.25, 0.3) is 0 Å². The Morgan fingerprint density at radius 3 is 2.61 bits per heavy atom. The van der Waals surface area contributed by atoms with Gasteiger partial charge in [0.2, 0.25) is 5.91 Å². The third-order valence-electron chi connectivity index (χ3n) is 3.52. The first kappa shape index (κ1) is 17.6. The molecule has 2 aromatic carbocycles. The summed E-state index contributed by atoms with van der Waals surface area (Å²) in [7, 11) is 0. The van der Waals surface area contributed by atoms with Crippen LogP contribution in [0.15, 0.2) is 42.5 Å². The van der Waals surface area contributed by atoms with Gasteiger partial charge in [0.1, 0.15) is 0 Å². The van der Waals surface area contributed by atoms with Crippen LogP contribution in [0.25, 0.3) is 0 Å². The van der Waals surface area contributed by atoms with Crippen molar-refractivity contribution in [3.8, 4) is 0 Å². The molecule has 0 saturated carbocycles. The molecule has 5 heteroatoms. The number of carbonyl (C=O) groups is 1. The summed E-state index contributed by atoms with van der Waals surface area (Å²) in [6.45, 7) is 5.15. The van der Waals surface area contributed by atoms with Crippen molar-refractivity contribution in [3.05, 3.63) is 58.1 Å². The summed E-state index contributed by atoms with van der Waals surface area (Å²) in [5.74, 6) is 0.0793. The quantitative estimate of drug-likeness (QED) is 0.780. The molecular weight excluding hydrogens is 331 g/mol. The standard InChI is InChI=1S/C18H20Cl2N2O/c1-3-22(15-6-4-5-13(2)11-15)18(23)9-10-21-17-8-7-14(19)12-16(17)20/h4-8,11-12,21H,3,9-10H2,1-2H3. The lowest BCUT2D eigenvalue weighted by atomic mass is 10.2. The van der Waals surface area contributed by atoms with E-state index in [1.54, 1.807) is 17.0 Å². The summed E-state index contributed by atoms with van der Waals surface area (Å²) < 4.78 is 0. The monoisotopic (exact) mass is 350 g/mol. The third kappa shape index (κ3) is 4.88. The van der Waals surface area contributed by atoms with Crippen LogP contribution in [-0.2, 0) is 4.79 Å². The molecule has 1 N–H and O–H groups in total. The molecule has 0 aromatic heterocycles. The van der Waals surface area contributed by atoms with Gasteiger partial charge >= 0.3 is 0 Å². The maximum Gasteiger partial charge on any atom is 0.228 e. The Bertz CT molecular complexity index is 688. The Labute approximate surface area is 147 Å². The van der Waals surface area contributed by atoms with Crippen LogP contribution < -0.4 is 10.2 Å². The second-order valence-electron chi connectivity index (χ2n) is 5.28. The van der Waals surface area contributed by atoms with Crippen LogP contribution in [-0.4, -0.2) is 19.0 Å². The zero-order valence-electron chi connectivity index (χ0n) is 13.3. The third-order valence-corrected chi connectivity index (χ3v) is 4.06. The number of nitrogens with one attached hydrogen (secondary N) is 1. The minimum Gasteiger partial charge on any atom is -0.383 e. The first-order valence-electron chi connectivity index (χ1n) is 7.57. The van der Waals surface area contributed by atoms with Gasteiger partial charge in [-0.2, -0.15) is 0 Å². The van der Waals surface area contributed by atoms with Crippen molar-refractivity contribution in [2.24, 2.45) is 0 Å². The van der Waals surface area contributed by atoms with E-state index in [2.05, 4.69) is 5.32 Å². The Balaban J connectivity index is 1.95. The van der Waals surface area contributed by atoms with Crippen LogP contribution in [0.2, 0.25) is 10.0 Å². The lowest BCUT2D eigenvalue weighted by Crippen LogP contribution is -2.31. The van der Waals surface area contributed by atoms with Gasteiger partial charge in [-0.3, -0.25) is 4.79 Å². The Morgan fingerprint density at radius 1 is 1.17 bits per heavy atom. The number of halogens is 2. The smallest absolute Gasteiger partial charge is 0.228 e. The van der Waals surface area contributed by atoms with E-state index in [0.29, 0.717) is 29.6 Å². The number of rotatable bonds is 6. The van der Waals surface area contributed by atoms with E-state index >= 15 is 0 Å². The van der Waals surface area contributed by atoms with E-state index in [9.17, 15) is 4.79 Å². The van der Waals surface area contributed by atoms with Crippen LogP contribution in [0.4, 0.5) is 11.4 Å². The lowest BCUT2D eigenvalue weighted by Gasteiger charge is -2.21. The maximum atomic E-state index is 12.4. The topological polar surface area (TPSA) is 32.3 Å². The molecule has 23 heavy (non-hydrogen) atoms. The van der Waals surface area contributed by atoms with E-state index < -0.39 is 0 Å². The predicted octanol–water partition coefficient (Wildman–Crippen LogP) is 5.16. The van der Waals surface area contributed by atoms with Crippen molar-refractivity contribution in [2.75, 3.05) is 23.3 Å². The zero-order chi connectivity index (χ0) is 16.8. The van der Waals surface area contributed by atoms with E-state index in [1.165, 1.54) is 0 Å². The minimum absolute atomic E-state index is 0.0793.